The van der Waals surface area contributed by atoms with Gasteiger partial charge in [0.2, 0.25) is 0 Å². The second-order valence-corrected chi connectivity index (χ2v) is 3.63. The first kappa shape index (κ1) is 12.9. The molecular weight excluding hydrogens is 216 g/mol. The lowest BCUT2D eigenvalue weighted by Gasteiger charge is -2.22. The van der Waals surface area contributed by atoms with Crippen molar-refractivity contribution in [2.24, 2.45) is 5.73 Å². The van der Waals surface area contributed by atoms with Crippen molar-refractivity contribution >= 4 is 0 Å². The second kappa shape index (κ2) is 4.76. The zero-order chi connectivity index (χ0) is 12.3. The fraction of sp³-hybridized carbons (Fsp3) is 0.455. The highest BCUT2D eigenvalue weighted by Gasteiger charge is 2.37. The Balaban J connectivity index is 3.02. The number of aryl methyl sites for hydroxylation is 1. The van der Waals surface area contributed by atoms with Gasteiger partial charge in [-0.15, -0.1) is 0 Å². The lowest BCUT2D eigenvalue weighted by atomic mass is 10.00. The third kappa shape index (κ3) is 2.48. The van der Waals surface area contributed by atoms with Gasteiger partial charge in [0, 0.05) is 0 Å². The average molecular weight is 231 g/mol. The van der Waals surface area contributed by atoms with Gasteiger partial charge >= 0.3 is 0 Å². The number of aliphatic hydroxyl groups excluding tert-OH is 1. The van der Waals surface area contributed by atoms with Crippen LogP contribution in [0.5, 0.6) is 5.75 Å². The molecule has 1 rings (SSSR count). The first-order valence-electron chi connectivity index (χ1n) is 4.81. The zero-order valence-corrected chi connectivity index (χ0v) is 9.21. The third-order valence-corrected chi connectivity index (χ3v) is 2.44. The maximum absolute atomic E-state index is 13.1. The van der Waals surface area contributed by atoms with Crippen LogP contribution in [0.1, 0.15) is 17.2 Å². The Morgan fingerprint density at radius 2 is 2.12 bits per heavy atom. The molecule has 0 saturated carbocycles. The summed E-state index contributed by atoms with van der Waals surface area (Å²) in [5.74, 6) is -2.70. The van der Waals surface area contributed by atoms with Crippen molar-refractivity contribution in [2.75, 3.05) is 13.7 Å². The molecule has 0 heterocycles. The molecule has 16 heavy (non-hydrogen) atoms. The summed E-state index contributed by atoms with van der Waals surface area (Å²) in [6, 6.07) is 3.08. The van der Waals surface area contributed by atoms with Crippen LogP contribution >= 0.6 is 0 Å². The fourth-order valence-corrected chi connectivity index (χ4v) is 1.44. The van der Waals surface area contributed by atoms with Crippen LogP contribution in [0.15, 0.2) is 18.2 Å². The largest absolute Gasteiger partial charge is 0.496 e. The highest BCUT2D eigenvalue weighted by Crippen LogP contribution is 2.31. The van der Waals surface area contributed by atoms with Gasteiger partial charge in [-0.3, -0.25) is 0 Å². The summed E-state index contributed by atoms with van der Waals surface area (Å²) >= 11 is 0. The van der Waals surface area contributed by atoms with Gasteiger partial charge < -0.3 is 15.6 Å². The van der Waals surface area contributed by atoms with Crippen molar-refractivity contribution in [1.82, 2.24) is 0 Å². The van der Waals surface area contributed by atoms with Gasteiger partial charge in [0.25, 0.3) is 5.92 Å². The first-order valence-corrected chi connectivity index (χ1v) is 4.81. The number of methoxy groups -OCH3 is 1. The Labute approximate surface area is 92.8 Å². The summed E-state index contributed by atoms with van der Waals surface area (Å²) < 4.78 is 31.3. The number of ether oxygens (including phenoxy) is 1. The van der Waals surface area contributed by atoms with Gasteiger partial charge in [0.05, 0.1) is 13.2 Å². The van der Waals surface area contributed by atoms with E-state index in [2.05, 4.69) is 0 Å². The minimum Gasteiger partial charge on any atom is -0.496 e. The molecule has 0 amide bonds. The van der Waals surface area contributed by atoms with Gasteiger partial charge in [-0.1, -0.05) is 12.1 Å². The summed E-state index contributed by atoms with van der Waals surface area (Å²) in [7, 11) is 1.50. The third-order valence-electron chi connectivity index (χ3n) is 2.44. The highest BCUT2D eigenvalue weighted by molar-refractivity contribution is 5.37. The van der Waals surface area contributed by atoms with Crippen LogP contribution < -0.4 is 10.5 Å². The molecular formula is C11H15F2NO2. The monoisotopic (exact) mass is 231 g/mol. The molecule has 1 atom stereocenters. The minimum absolute atomic E-state index is 0.275. The summed E-state index contributed by atoms with van der Waals surface area (Å²) in [5, 5.41) is 8.54. The molecule has 0 fully saturated rings. The lowest BCUT2D eigenvalue weighted by Crippen LogP contribution is -2.36. The highest BCUT2D eigenvalue weighted by atomic mass is 19.3. The van der Waals surface area contributed by atoms with Crippen LogP contribution in [0, 0.1) is 6.92 Å². The maximum atomic E-state index is 13.1. The van der Waals surface area contributed by atoms with Crippen molar-refractivity contribution < 1.29 is 18.6 Å². The van der Waals surface area contributed by atoms with Crippen molar-refractivity contribution in [3.63, 3.8) is 0 Å². The van der Waals surface area contributed by atoms with Crippen molar-refractivity contribution in [2.45, 2.75) is 18.9 Å². The predicted molar refractivity (Wildman–Crippen MR) is 56.7 cm³/mol. The Morgan fingerprint density at radius 3 is 2.56 bits per heavy atom. The van der Waals surface area contributed by atoms with Crippen LogP contribution in [0.2, 0.25) is 0 Å². The Morgan fingerprint density at radius 1 is 1.50 bits per heavy atom. The van der Waals surface area contributed by atoms with E-state index in [-0.39, 0.29) is 5.56 Å². The molecule has 0 aliphatic rings. The van der Waals surface area contributed by atoms with Gasteiger partial charge in [0.1, 0.15) is 12.4 Å². The maximum Gasteiger partial charge on any atom is 0.289 e. The van der Waals surface area contributed by atoms with Gasteiger partial charge in [0.15, 0.2) is 0 Å². The van der Waals surface area contributed by atoms with Gasteiger partial charge in [-0.25, -0.2) is 8.78 Å². The lowest BCUT2D eigenvalue weighted by molar-refractivity contribution is -0.0711. The molecule has 0 aromatic heterocycles. The zero-order valence-electron chi connectivity index (χ0n) is 9.21. The molecule has 90 valence electrons. The number of hydrogen-bond donors (Lipinski definition) is 2. The van der Waals surface area contributed by atoms with Crippen LogP contribution in [0.25, 0.3) is 0 Å². The standard InChI is InChI=1S/C11H15F2NO2/c1-7-5-8(3-4-9(7)16-2)10(14)11(12,13)6-15/h3-5,10,15H,6,14H2,1-2H3. The Hall–Kier alpha value is -1.20. The van der Waals surface area contributed by atoms with Crippen LogP contribution in [-0.2, 0) is 0 Å². The average Bonchev–Trinajstić information content (AvgIpc) is 2.27. The van der Waals surface area contributed by atoms with E-state index in [1.807, 2.05) is 0 Å². The van der Waals surface area contributed by atoms with Gasteiger partial charge in [-0.2, -0.15) is 0 Å². The molecule has 5 heteroatoms. The van der Waals surface area contributed by atoms with Crippen molar-refractivity contribution in [3.05, 3.63) is 29.3 Å². The van der Waals surface area contributed by atoms with E-state index in [0.717, 1.165) is 5.56 Å². The topological polar surface area (TPSA) is 55.5 Å². The molecule has 1 unspecified atom stereocenters. The Kier molecular flexibility index (Phi) is 3.83. The fourth-order valence-electron chi connectivity index (χ4n) is 1.44. The first-order chi connectivity index (χ1) is 7.42. The van der Waals surface area contributed by atoms with E-state index >= 15 is 0 Å². The summed E-state index contributed by atoms with van der Waals surface area (Å²) in [6.07, 6.45) is 0. The van der Waals surface area contributed by atoms with E-state index in [0.29, 0.717) is 5.75 Å². The van der Waals surface area contributed by atoms with E-state index in [4.69, 9.17) is 15.6 Å². The van der Waals surface area contributed by atoms with Gasteiger partial charge in [-0.05, 0) is 24.1 Å². The molecule has 3 N–H and O–H groups in total. The van der Waals surface area contributed by atoms with E-state index < -0.39 is 18.6 Å². The summed E-state index contributed by atoms with van der Waals surface area (Å²) in [6.45, 7) is 0.478. The molecule has 0 radical (unpaired) electrons. The number of benzene rings is 1. The quantitative estimate of drug-likeness (QED) is 0.828. The molecule has 0 aliphatic heterocycles. The SMILES string of the molecule is COc1ccc(C(N)C(F)(F)CO)cc1C. The number of nitrogens with two attached hydrogens (primary N) is 1. The summed E-state index contributed by atoms with van der Waals surface area (Å²) in [4.78, 5) is 0. The molecule has 0 bridgehead atoms. The molecule has 3 nitrogen and oxygen atoms in total. The van der Waals surface area contributed by atoms with Crippen molar-refractivity contribution in [1.29, 1.82) is 0 Å². The summed E-state index contributed by atoms with van der Waals surface area (Å²) in [5.41, 5.74) is 6.39. The number of rotatable bonds is 4. The second-order valence-electron chi connectivity index (χ2n) is 3.63. The Bertz CT molecular complexity index is 369. The number of hydrogen-bond acceptors (Lipinski definition) is 3. The van der Waals surface area contributed by atoms with Crippen molar-refractivity contribution in [3.8, 4) is 5.75 Å². The number of halogens is 2. The normalized spacial score (nSPS) is 13.6. The predicted octanol–water partition coefficient (Wildman–Crippen LogP) is 1.63. The molecule has 0 spiro atoms. The van der Waals surface area contributed by atoms with Crippen LogP contribution in [0.3, 0.4) is 0 Å². The number of aliphatic hydroxyl groups is 1. The van der Waals surface area contributed by atoms with E-state index in [1.54, 1.807) is 13.0 Å². The minimum atomic E-state index is -3.32. The smallest absolute Gasteiger partial charge is 0.289 e. The van der Waals surface area contributed by atoms with Crippen LogP contribution in [0.4, 0.5) is 8.78 Å². The van der Waals surface area contributed by atoms with Crippen LogP contribution in [-0.4, -0.2) is 24.7 Å². The number of alkyl halides is 2. The molecule has 1 aromatic rings. The molecule has 0 aliphatic carbocycles. The van der Waals surface area contributed by atoms with E-state index in [1.165, 1.54) is 19.2 Å². The molecule has 0 saturated heterocycles. The van der Waals surface area contributed by atoms with E-state index in [9.17, 15) is 8.78 Å². The molecule has 1 aromatic carbocycles.